The third-order valence-corrected chi connectivity index (χ3v) is 4.41. The first kappa shape index (κ1) is 16.0. The van der Waals surface area contributed by atoms with E-state index in [1.54, 1.807) is 0 Å². The summed E-state index contributed by atoms with van der Waals surface area (Å²) in [5.41, 5.74) is 1.23. The normalized spacial score (nSPS) is 19.1. The van der Waals surface area contributed by atoms with Crippen LogP contribution in [-0.2, 0) is 9.47 Å². The standard InChI is InChI=1S/C14H16Cl2N6O2/c15-13-18-10-9(11(19-13)21-1-5-23-6-2-21)17-14(16)20-12(10)22-3-7-24-8-4-22/h1-8H2. The molecule has 24 heavy (non-hydrogen) atoms. The molecule has 4 rings (SSSR count). The van der Waals surface area contributed by atoms with Crippen LogP contribution < -0.4 is 9.80 Å². The summed E-state index contributed by atoms with van der Waals surface area (Å²) in [4.78, 5) is 21.7. The van der Waals surface area contributed by atoms with Gasteiger partial charge in [-0.25, -0.2) is 9.97 Å². The Bertz CT molecular complexity index is 686. The van der Waals surface area contributed by atoms with Crippen molar-refractivity contribution in [3.05, 3.63) is 10.6 Å². The molecular weight excluding hydrogens is 355 g/mol. The van der Waals surface area contributed by atoms with E-state index in [1.165, 1.54) is 0 Å². The zero-order valence-electron chi connectivity index (χ0n) is 12.9. The summed E-state index contributed by atoms with van der Waals surface area (Å²) >= 11 is 12.4. The van der Waals surface area contributed by atoms with Crippen LogP contribution in [0.15, 0.2) is 0 Å². The van der Waals surface area contributed by atoms with Gasteiger partial charge in [-0.2, -0.15) is 9.97 Å². The van der Waals surface area contributed by atoms with Crippen molar-refractivity contribution in [3.63, 3.8) is 0 Å². The predicted octanol–water partition coefficient (Wildman–Crippen LogP) is 1.40. The number of nitrogens with zero attached hydrogens (tertiary/aromatic N) is 6. The molecule has 2 saturated heterocycles. The Hall–Kier alpha value is -1.48. The van der Waals surface area contributed by atoms with E-state index in [9.17, 15) is 0 Å². The first-order valence-electron chi connectivity index (χ1n) is 7.78. The predicted molar refractivity (Wildman–Crippen MR) is 91.2 cm³/mol. The summed E-state index contributed by atoms with van der Waals surface area (Å²) in [6, 6.07) is 0. The van der Waals surface area contributed by atoms with Gasteiger partial charge in [0.25, 0.3) is 0 Å². The minimum Gasteiger partial charge on any atom is -0.378 e. The second-order valence-corrected chi connectivity index (χ2v) is 6.20. The smallest absolute Gasteiger partial charge is 0.225 e. The van der Waals surface area contributed by atoms with Gasteiger partial charge < -0.3 is 19.3 Å². The molecule has 0 bridgehead atoms. The third-order valence-electron chi connectivity index (χ3n) is 4.07. The third kappa shape index (κ3) is 3.06. The lowest BCUT2D eigenvalue weighted by atomic mass is 10.3. The van der Waals surface area contributed by atoms with Gasteiger partial charge in [0.05, 0.1) is 26.4 Å². The van der Waals surface area contributed by atoms with Gasteiger partial charge in [-0.05, 0) is 23.2 Å². The molecule has 0 saturated carbocycles. The van der Waals surface area contributed by atoms with E-state index in [2.05, 4.69) is 29.7 Å². The van der Waals surface area contributed by atoms with Gasteiger partial charge in [0, 0.05) is 26.2 Å². The Kier molecular flexibility index (Phi) is 4.53. The summed E-state index contributed by atoms with van der Waals surface area (Å²) in [6.07, 6.45) is 0. The van der Waals surface area contributed by atoms with Crippen molar-refractivity contribution in [1.29, 1.82) is 0 Å². The molecule has 2 aromatic heterocycles. The van der Waals surface area contributed by atoms with Gasteiger partial charge >= 0.3 is 0 Å². The lowest BCUT2D eigenvalue weighted by molar-refractivity contribution is 0.122. The maximum absolute atomic E-state index is 6.18. The molecule has 4 heterocycles. The fraction of sp³-hybridized carbons (Fsp3) is 0.571. The van der Waals surface area contributed by atoms with Gasteiger partial charge in [0.15, 0.2) is 11.6 Å². The van der Waals surface area contributed by atoms with E-state index in [-0.39, 0.29) is 10.6 Å². The molecule has 0 aliphatic carbocycles. The molecule has 128 valence electrons. The highest BCUT2D eigenvalue weighted by Crippen LogP contribution is 2.31. The Morgan fingerprint density at radius 1 is 0.625 bits per heavy atom. The van der Waals surface area contributed by atoms with Crippen LogP contribution in [0.25, 0.3) is 11.0 Å². The summed E-state index contributed by atoms with van der Waals surface area (Å²) in [5.74, 6) is 1.35. The van der Waals surface area contributed by atoms with Crippen LogP contribution in [0.4, 0.5) is 11.6 Å². The number of fused-ring (bicyclic) bond motifs is 1. The van der Waals surface area contributed by atoms with Crippen molar-refractivity contribution in [1.82, 2.24) is 19.9 Å². The molecule has 8 nitrogen and oxygen atoms in total. The van der Waals surface area contributed by atoms with E-state index >= 15 is 0 Å². The molecule has 0 amide bonds. The topological polar surface area (TPSA) is 76.5 Å². The minimum atomic E-state index is 0.171. The van der Waals surface area contributed by atoms with E-state index in [0.717, 1.165) is 26.2 Å². The molecule has 10 heteroatoms. The Labute approximate surface area is 148 Å². The largest absolute Gasteiger partial charge is 0.378 e. The van der Waals surface area contributed by atoms with E-state index in [1.807, 2.05) is 0 Å². The first-order valence-corrected chi connectivity index (χ1v) is 8.54. The SMILES string of the molecule is Clc1nc(N2CCOCC2)c2nc(Cl)nc(N3CCOCC3)c2n1. The van der Waals surface area contributed by atoms with Crippen molar-refractivity contribution < 1.29 is 9.47 Å². The van der Waals surface area contributed by atoms with Crippen LogP contribution >= 0.6 is 23.2 Å². The van der Waals surface area contributed by atoms with Crippen LogP contribution in [0.2, 0.25) is 10.6 Å². The average Bonchev–Trinajstić information content (AvgIpc) is 2.62. The maximum atomic E-state index is 6.18. The Balaban J connectivity index is 1.86. The molecule has 2 aliphatic heterocycles. The Morgan fingerprint density at radius 2 is 1.00 bits per heavy atom. The molecule has 0 spiro atoms. The van der Waals surface area contributed by atoms with Crippen molar-refractivity contribution >= 4 is 45.9 Å². The molecule has 0 aromatic carbocycles. The van der Waals surface area contributed by atoms with E-state index in [0.29, 0.717) is 49.1 Å². The van der Waals surface area contributed by atoms with Gasteiger partial charge in [-0.15, -0.1) is 0 Å². The number of hydrogen-bond acceptors (Lipinski definition) is 8. The summed E-state index contributed by atoms with van der Waals surface area (Å²) in [5, 5.41) is 0.342. The zero-order valence-corrected chi connectivity index (χ0v) is 14.4. The number of morpholine rings is 2. The Morgan fingerprint density at radius 3 is 1.38 bits per heavy atom. The highest BCUT2D eigenvalue weighted by atomic mass is 35.5. The number of ether oxygens (including phenoxy) is 2. The molecular formula is C14H16Cl2N6O2. The van der Waals surface area contributed by atoms with Crippen molar-refractivity contribution in [3.8, 4) is 0 Å². The molecule has 2 aromatic rings. The molecule has 2 fully saturated rings. The van der Waals surface area contributed by atoms with Gasteiger partial charge in [-0.3, -0.25) is 0 Å². The molecule has 0 radical (unpaired) electrons. The summed E-state index contributed by atoms with van der Waals surface area (Å²) in [6.45, 7) is 5.43. The zero-order chi connectivity index (χ0) is 16.5. The van der Waals surface area contributed by atoms with E-state index in [4.69, 9.17) is 32.7 Å². The van der Waals surface area contributed by atoms with Crippen molar-refractivity contribution in [2.24, 2.45) is 0 Å². The number of aromatic nitrogens is 4. The van der Waals surface area contributed by atoms with Crippen molar-refractivity contribution in [2.45, 2.75) is 0 Å². The monoisotopic (exact) mass is 370 g/mol. The lowest BCUT2D eigenvalue weighted by Gasteiger charge is -2.30. The summed E-state index contributed by atoms with van der Waals surface area (Å²) in [7, 11) is 0. The number of hydrogen-bond donors (Lipinski definition) is 0. The number of anilines is 2. The van der Waals surface area contributed by atoms with E-state index < -0.39 is 0 Å². The van der Waals surface area contributed by atoms with Gasteiger partial charge in [-0.1, -0.05) is 0 Å². The fourth-order valence-electron chi connectivity index (χ4n) is 2.92. The molecule has 0 N–H and O–H groups in total. The first-order chi connectivity index (χ1) is 11.7. The van der Waals surface area contributed by atoms with Crippen molar-refractivity contribution in [2.75, 3.05) is 62.4 Å². The van der Waals surface area contributed by atoms with Crippen LogP contribution in [0.3, 0.4) is 0 Å². The minimum absolute atomic E-state index is 0.171. The molecule has 0 atom stereocenters. The van der Waals surface area contributed by atoms with Gasteiger partial charge in [0.1, 0.15) is 11.0 Å². The second-order valence-electron chi connectivity index (χ2n) is 5.53. The molecule has 0 unspecified atom stereocenters. The maximum Gasteiger partial charge on any atom is 0.225 e. The lowest BCUT2D eigenvalue weighted by Crippen LogP contribution is -2.38. The van der Waals surface area contributed by atoms with Gasteiger partial charge in [0.2, 0.25) is 10.6 Å². The highest BCUT2D eigenvalue weighted by Gasteiger charge is 2.24. The summed E-state index contributed by atoms with van der Waals surface area (Å²) < 4.78 is 10.8. The quantitative estimate of drug-likeness (QED) is 0.734. The fourth-order valence-corrected chi connectivity index (χ4v) is 3.25. The second kappa shape index (κ2) is 6.79. The molecule has 2 aliphatic rings. The van der Waals surface area contributed by atoms with Crippen LogP contribution in [0.5, 0.6) is 0 Å². The average molecular weight is 371 g/mol. The highest BCUT2D eigenvalue weighted by molar-refractivity contribution is 6.30. The van der Waals surface area contributed by atoms with Crippen LogP contribution in [0, 0.1) is 0 Å². The number of rotatable bonds is 2. The number of halogens is 2. The van der Waals surface area contributed by atoms with Crippen LogP contribution in [0.1, 0.15) is 0 Å². The van der Waals surface area contributed by atoms with Crippen LogP contribution in [-0.4, -0.2) is 72.5 Å².